The monoisotopic (exact) mass is 392 g/mol. The molecule has 0 bridgehead atoms. The van der Waals surface area contributed by atoms with Crippen LogP contribution in [0.4, 0.5) is 18.9 Å². The van der Waals surface area contributed by atoms with Gasteiger partial charge in [-0.1, -0.05) is 12.1 Å². The Hall–Kier alpha value is -3.29. The van der Waals surface area contributed by atoms with E-state index < -0.39 is 41.5 Å². The van der Waals surface area contributed by atoms with Gasteiger partial charge in [-0.25, -0.2) is 13.2 Å². The summed E-state index contributed by atoms with van der Waals surface area (Å²) in [6.07, 6.45) is 2.57. The molecule has 0 aliphatic heterocycles. The average Bonchev–Trinajstić information content (AvgIpc) is 2.67. The van der Waals surface area contributed by atoms with Crippen LogP contribution in [0.1, 0.15) is 12.5 Å². The van der Waals surface area contributed by atoms with Gasteiger partial charge < -0.3 is 15.0 Å². The normalized spacial score (nSPS) is 10.8. The van der Waals surface area contributed by atoms with Crippen molar-refractivity contribution in [1.29, 1.82) is 0 Å². The van der Waals surface area contributed by atoms with Gasteiger partial charge in [0.1, 0.15) is 23.9 Å². The Morgan fingerprint density at radius 1 is 1.11 bits per heavy atom. The van der Waals surface area contributed by atoms with E-state index in [1.807, 2.05) is 0 Å². The number of methoxy groups -OCH3 is 1. The topological polar surface area (TPSA) is 58.6 Å². The fourth-order valence-corrected chi connectivity index (χ4v) is 2.37. The van der Waals surface area contributed by atoms with Gasteiger partial charge in [-0.05, 0) is 42.8 Å². The fourth-order valence-electron chi connectivity index (χ4n) is 2.37. The quantitative estimate of drug-likeness (QED) is 0.733. The molecule has 0 spiro atoms. The number of amides is 2. The molecule has 0 radical (unpaired) electrons. The third-order valence-corrected chi connectivity index (χ3v) is 3.85. The Labute approximate surface area is 160 Å². The van der Waals surface area contributed by atoms with E-state index in [2.05, 4.69) is 5.32 Å². The summed E-state index contributed by atoms with van der Waals surface area (Å²) < 4.78 is 45.7. The number of ether oxygens (including phenoxy) is 1. The smallest absolute Gasteiger partial charge is 0.247 e. The van der Waals surface area contributed by atoms with Gasteiger partial charge in [0.15, 0.2) is 11.6 Å². The van der Waals surface area contributed by atoms with Gasteiger partial charge in [-0.15, -0.1) is 0 Å². The van der Waals surface area contributed by atoms with Crippen LogP contribution in [0.3, 0.4) is 0 Å². The second-order valence-electron chi connectivity index (χ2n) is 5.72. The van der Waals surface area contributed by atoms with E-state index >= 15 is 0 Å². The van der Waals surface area contributed by atoms with E-state index in [0.717, 1.165) is 12.1 Å². The maximum Gasteiger partial charge on any atom is 0.247 e. The van der Waals surface area contributed by atoms with Crippen LogP contribution in [-0.4, -0.2) is 36.9 Å². The molecule has 148 valence electrons. The van der Waals surface area contributed by atoms with Crippen molar-refractivity contribution in [2.24, 2.45) is 0 Å². The van der Waals surface area contributed by atoms with Gasteiger partial charge in [0.2, 0.25) is 11.8 Å². The number of rotatable bonds is 7. The van der Waals surface area contributed by atoms with Crippen LogP contribution in [0.5, 0.6) is 5.75 Å². The number of benzene rings is 2. The number of para-hydroxylation sites is 1. The van der Waals surface area contributed by atoms with Crippen molar-refractivity contribution in [1.82, 2.24) is 4.90 Å². The Balaban J connectivity index is 2.02. The van der Waals surface area contributed by atoms with Crippen LogP contribution in [0.2, 0.25) is 0 Å². The summed E-state index contributed by atoms with van der Waals surface area (Å²) >= 11 is 0. The van der Waals surface area contributed by atoms with Crippen molar-refractivity contribution in [3.63, 3.8) is 0 Å². The standard InChI is InChI=1S/C20H19F3N2O3/c1-3-25(12-18(26)24-20-14(21)5-4-6-15(20)22)19(27)10-8-13-7-9-17(28-2)16(23)11-13/h4-11H,3,12H2,1-2H3,(H,24,26)/b10-8+. The highest BCUT2D eigenvalue weighted by Gasteiger charge is 2.16. The number of nitrogens with one attached hydrogen (secondary N) is 1. The van der Waals surface area contributed by atoms with Crippen LogP contribution in [-0.2, 0) is 9.59 Å². The van der Waals surface area contributed by atoms with E-state index in [4.69, 9.17) is 4.74 Å². The predicted molar refractivity (Wildman–Crippen MR) is 99.2 cm³/mol. The maximum atomic E-state index is 13.7. The molecule has 5 nitrogen and oxygen atoms in total. The zero-order chi connectivity index (χ0) is 20.7. The summed E-state index contributed by atoms with van der Waals surface area (Å²) in [6.45, 7) is 1.44. The number of likely N-dealkylation sites (N-methyl/N-ethyl adjacent to an activating group) is 1. The molecule has 0 atom stereocenters. The van der Waals surface area contributed by atoms with E-state index in [9.17, 15) is 22.8 Å². The molecule has 0 unspecified atom stereocenters. The summed E-state index contributed by atoms with van der Waals surface area (Å²) in [5.41, 5.74) is -0.138. The number of hydrogen-bond donors (Lipinski definition) is 1. The van der Waals surface area contributed by atoms with Gasteiger partial charge >= 0.3 is 0 Å². The van der Waals surface area contributed by atoms with Gasteiger partial charge in [0.25, 0.3) is 0 Å². The summed E-state index contributed by atoms with van der Waals surface area (Å²) in [7, 11) is 1.34. The molecule has 28 heavy (non-hydrogen) atoms. The van der Waals surface area contributed by atoms with Crippen molar-refractivity contribution in [2.45, 2.75) is 6.92 Å². The third kappa shape index (κ3) is 5.35. The Morgan fingerprint density at radius 2 is 1.79 bits per heavy atom. The number of hydrogen-bond acceptors (Lipinski definition) is 3. The van der Waals surface area contributed by atoms with Gasteiger partial charge in [-0.2, -0.15) is 0 Å². The molecule has 0 saturated carbocycles. The van der Waals surface area contributed by atoms with Crippen LogP contribution in [0.25, 0.3) is 6.08 Å². The lowest BCUT2D eigenvalue weighted by Crippen LogP contribution is -2.37. The van der Waals surface area contributed by atoms with E-state index in [1.54, 1.807) is 13.0 Å². The van der Waals surface area contributed by atoms with Crippen molar-refractivity contribution < 1.29 is 27.5 Å². The number of carbonyl (C=O) groups is 2. The minimum absolute atomic E-state index is 0.0794. The molecule has 2 amide bonds. The molecule has 0 heterocycles. The molecular weight excluding hydrogens is 373 g/mol. The largest absolute Gasteiger partial charge is 0.494 e. The summed E-state index contributed by atoms with van der Waals surface area (Å²) in [4.78, 5) is 25.5. The molecule has 2 aromatic carbocycles. The predicted octanol–water partition coefficient (Wildman–Crippen LogP) is 3.61. The highest BCUT2D eigenvalue weighted by Crippen LogP contribution is 2.19. The minimum Gasteiger partial charge on any atom is -0.494 e. The first-order valence-electron chi connectivity index (χ1n) is 8.40. The van der Waals surface area contributed by atoms with E-state index in [-0.39, 0.29) is 12.3 Å². The lowest BCUT2D eigenvalue weighted by molar-refractivity contribution is -0.130. The molecule has 0 aliphatic rings. The van der Waals surface area contributed by atoms with Crippen LogP contribution in [0.15, 0.2) is 42.5 Å². The molecule has 0 fully saturated rings. The molecule has 8 heteroatoms. The van der Waals surface area contributed by atoms with E-state index in [0.29, 0.717) is 5.56 Å². The van der Waals surface area contributed by atoms with Crippen molar-refractivity contribution in [3.05, 3.63) is 65.5 Å². The highest BCUT2D eigenvalue weighted by molar-refractivity contribution is 5.98. The van der Waals surface area contributed by atoms with Crippen molar-refractivity contribution in [3.8, 4) is 5.75 Å². The van der Waals surface area contributed by atoms with Crippen molar-refractivity contribution in [2.75, 3.05) is 25.5 Å². The molecule has 0 saturated heterocycles. The van der Waals surface area contributed by atoms with Gasteiger partial charge in [-0.3, -0.25) is 9.59 Å². The Morgan fingerprint density at radius 3 is 2.36 bits per heavy atom. The zero-order valence-corrected chi connectivity index (χ0v) is 15.3. The molecule has 2 aromatic rings. The SMILES string of the molecule is CCN(CC(=O)Nc1c(F)cccc1F)C(=O)/C=C/c1ccc(OC)c(F)c1. The first-order chi connectivity index (χ1) is 13.3. The first kappa shape index (κ1) is 21.0. The van der Waals surface area contributed by atoms with Crippen LogP contribution >= 0.6 is 0 Å². The molecular formula is C20H19F3N2O3. The molecule has 2 rings (SSSR count). The zero-order valence-electron chi connectivity index (χ0n) is 15.3. The van der Waals surface area contributed by atoms with Gasteiger partial charge in [0.05, 0.1) is 7.11 Å². The number of nitrogens with zero attached hydrogens (tertiary/aromatic N) is 1. The number of halogens is 3. The third-order valence-electron chi connectivity index (χ3n) is 3.85. The number of anilines is 1. The van der Waals surface area contributed by atoms with Crippen molar-refractivity contribution >= 4 is 23.6 Å². The summed E-state index contributed by atoms with van der Waals surface area (Å²) in [6, 6.07) is 7.39. The second-order valence-corrected chi connectivity index (χ2v) is 5.72. The molecule has 0 aliphatic carbocycles. The summed E-state index contributed by atoms with van der Waals surface area (Å²) in [5, 5.41) is 2.12. The Kier molecular flexibility index (Phi) is 7.20. The van der Waals surface area contributed by atoms with Crippen LogP contribution < -0.4 is 10.1 Å². The lowest BCUT2D eigenvalue weighted by atomic mass is 10.2. The lowest BCUT2D eigenvalue weighted by Gasteiger charge is -2.19. The minimum atomic E-state index is -0.913. The fraction of sp³-hybridized carbons (Fsp3) is 0.200. The molecule has 0 aromatic heterocycles. The average molecular weight is 392 g/mol. The van der Waals surface area contributed by atoms with Crippen LogP contribution in [0, 0.1) is 17.5 Å². The van der Waals surface area contributed by atoms with Gasteiger partial charge in [0, 0.05) is 12.6 Å². The summed E-state index contributed by atoms with van der Waals surface area (Å²) in [5.74, 6) is -3.58. The van der Waals surface area contributed by atoms with E-state index in [1.165, 1.54) is 42.4 Å². The first-order valence-corrected chi connectivity index (χ1v) is 8.40. The second kappa shape index (κ2) is 9.59. The Bertz CT molecular complexity index is 880. The highest BCUT2D eigenvalue weighted by atomic mass is 19.1. The maximum absolute atomic E-state index is 13.7. The number of carbonyl (C=O) groups excluding carboxylic acids is 2. The molecule has 1 N–H and O–H groups in total.